The minimum atomic E-state index is -0.0269. The highest BCUT2D eigenvalue weighted by atomic mass is 79.9. The molecule has 2 N–H and O–H groups in total. The molecule has 0 radical (unpaired) electrons. The van der Waals surface area contributed by atoms with Gasteiger partial charge in [0.25, 0.3) is 0 Å². The molecule has 0 saturated heterocycles. The van der Waals surface area contributed by atoms with Crippen molar-refractivity contribution in [3.63, 3.8) is 0 Å². The molecule has 0 rings (SSSR count). The third-order valence-electron chi connectivity index (χ3n) is 2.59. The van der Waals surface area contributed by atoms with E-state index < -0.39 is 0 Å². The lowest BCUT2D eigenvalue weighted by Gasteiger charge is -2.06. The summed E-state index contributed by atoms with van der Waals surface area (Å²) in [7, 11) is 0. The number of hydrogen-bond donors (Lipinski definition) is 2. The van der Waals surface area contributed by atoms with Gasteiger partial charge in [-0.1, -0.05) is 47.8 Å². The van der Waals surface area contributed by atoms with E-state index in [1.165, 1.54) is 12.8 Å². The van der Waals surface area contributed by atoms with Crippen LogP contribution in [0.3, 0.4) is 0 Å². The highest BCUT2D eigenvalue weighted by molar-refractivity contribution is 9.09. The molecule has 0 aromatic carbocycles. The van der Waals surface area contributed by atoms with Crippen LogP contribution < -0.4 is 10.6 Å². The number of amides is 2. The van der Waals surface area contributed by atoms with Crippen LogP contribution in [0.4, 0.5) is 4.79 Å². The third kappa shape index (κ3) is 13.6. The number of allylic oxidation sites excluding steroid dienone is 2. The van der Waals surface area contributed by atoms with E-state index in [0.29, 0.717) is 0 Å². The van der Waals surface area contributed by atoms with Gasteiger partial charge >= 0.3 is 6.03 Å². The monoisotopic (exact) mass is 318 g/mol. The lowest BCUT2D eigenvalue weighted by Crippen LogP contribution is -2.36. The van der Waals surface area contributed by atoms with Crippen molar-refractivity contribution in [2.24, 2.45) is 0 Å². The van der Waals surface area contributed by atoms with Crippen molar-refractivity contribution in [3.05, 3.63) is 12.2 Å². The molecule has 0 fully saturated rings. The smallest absolute Gasteiger partial charge is 0.314 e. The summed E-state index contributed by atoms with van der Waals surface area (Å²) in [6.07, 6.45) is 12.2. The first kappa shape index (κ1) is 17.5. The van der Waals surface area contributed by atoms with Crippen molar-refractivity contribution in [1.82, 2.24) is 10.6 Å². The van der Waals surface area contributed by atoms with Gasteiger partial charge in [0.15, 0.2) is 0 Å². The zero-order valence-electron chi connectivity index (χ0n) is 11.5. The Morgan fingerprint density at radius 3 is 2.22 bits per heavy atom. The van der Waals surface area contributed by atoms with E-state index in [-0.39, 0.29) is 6.03 Å². The Kier molecular flexibility index (Phi) is 14.1. The molecule has 0 saturated carbocycles. The second-order valence-electron chi connectivity index (χ2n) is 4.33. The van der Waals surface area contributed by atoms with Crippen LogP contribution >= 0.6 is 15.9 Å². The van der Waals surface area contributed by atoms with Crippen LogP contribution in [0.25, 0.3) is 0 Å². The standard InChI is InChI=1S/C14H27BrN2O/c1-2-3-9-12-16-14(18)17-13-10-7-5-4-6-8-11-15/h4,6H,2-3,5,7-13H2,1H3,(H2,16,17,18). The maximum absolute atomic E-state index is 11.3. The summed E-state index contributed by atoms with van der Waals surface area (Å²) in [6.45, 7) is 3.72. The number of urea groups is 1. The molecule has 0 unspecified atom stereocenters. The van der Waals surface area contributed by atoms with Gasteiger partial charge in [-0.25, -0.2) is 4.79 Å². The summed E-state index contributed by atoms with van der Waals surface area (Å²) in [5.41, 5.74) is 0. The fraction of sp³-hybridized carbons (Fsp3) is 0.786. The molecule has 2 amide bonds. The molecule has 0 atom stereocenters. The Morgan fingerprint density at radius 2 is 1.61 bits per heavy atom. The average molecular weight is 319 g/mol. The zero-order valence-corrected chi connectivity index (χ0v) is 13.1. The molecule has 0 aliphatic heterocycles. The Balaban J connectivity index is 3.20. The van der Waals surface area contributed by atoms with Crippen LogP contribution in [0.2, 0.25) is 0 Å². The van der Waals surface area contributed by atoms with Crippen LogP contribution in [0.15, 0.2) is 12.2 Å². The van der Waals surface area contributed by atoms with E-state index in [4.69, 9.17) is 0 Å². The summed E-state index contributed by atoms with van der Waals surface area (Å²) >= 11 is 3.38. The van der Waals surface area contributed by atoms with Crippen molar-refractivity contribution < 1.29 is 4.79 Å². The van der Waals surface area contributed by atoms with E-state index in [2.05, 4.69) is 45.6 Å². The molecular weight excluding hydrogens is 292 g/mol. The van der Waals surface area contributed by atoms with E-state index in [0.717, 1.165) is 50.5 Å². The summed E-state index contributed by atoms with van der Waals surface area (Å²) < 4.78 is 0. The average Bonchev–Trinajstić information content (AvgIpc) is 2.38. The maximum atomic E-state index is 11.3. The predicted molar refractivity (Wildman–Crippen MR) is 82.3 cm³/mol. The summed E-state index contributed by atoms with van der Waals surface area (Å²) in [4.78, 5) is 11.3. The van der Waals surface area contributed by atoms with Gasteiger partial charge in [-0.05, 0) is 32.1 Å². The molecule has 0 bridgehead atoms. The molecule has 3 nitrogen and oxygen atoms in total. The Bertz CT molecular complexity index is 220. The predicted octanol–water partition coefficient (Wildman–Crippen LogP) is 3.99. The molecule has 18 heavy (non-hydrogen) atoms. The van der Waals surface area contributed by atoms with E-state index in [9.17, 15) is 4.79 Å². The van der Waals surface area contributed by atoms with Crippen LogP contribution in [0.5, 0.6) is 0 Å². The third-order valence-corrected chi connectivity index (χ3v) is 3.05. The van der Waals surface area contributed by atoms with Crippen molar-refractivity contribution in [3.8, 4) is 0 Å². The maximum Gasteiger partial charge on any atom is 0.314 e. The normalized spacial score (nSPS) is 10.8. The van der Waals surface area contributed by atoms with Crippen molar-refractivity contribution in [2.45, 2.75) is 51.9 Å². The number of carbonyl (C=O) groups excluding carboxylic acids is 1. The largest absolute Gasteiger partial charge is 0.338 e. The molecule has 0 aromatic rings. The number of rotatable bonds is 11. The molecule has 0 spiro atoms. The molecule has 106 valence electrons. The molecular formula is C14H27BrN2O. The first-order valence-electron chi connectivity index (χ1n) is 7.04. The lowest BCUT2D eigenvalue weighted by molar-refractivity contribution is 0.240. The van der Waals surface area contributed by atoms with Gasteiger partial charge in [0.05, 0.1) is 0 Å². The highest BCUT2D eigenvalue weighted by Gasteiger charge is 1.97. The fourth-order valence-electron chi connectivity index (χ4n) is 1.53. The fourth-order valence-corrected chi connectivity index (χ4v) is 1.79. The lowest BCUT2D eigenvalue weighted by atomic mass is 10.2. The first-order chi connectivity index (χ1) is 8.81. The molecule has 0 aliphatic carbocycles. The van der Waals surface area contributed by atoms with E-state index in [1.807, 2.05) is 0 Å². The van der Waals surface area contributed by atoms with Crippen molar-refractivity contribution >= 4 is 22.0 Å². The minimum Gasteiger partial charge on any atom is -0.338 e. The summed E-state index contributed by atoms with van der Waals surface area (Å²) in [5, 5.41) is 6.78. The minimum absolute atomic E-state index is 0.0269. The van der Waals surface area contributed by atoms with Gasteiger partial charge in [-0.15, -0.1) is 0 Å². The second kappa shape index (κ2) is 14.6. The van der Waals surface area contributed by atoms with Crippen molar-refractivity contribution in [2.75, 3.05) is 18.4 Å². The van der Waals surface area contributed by atoms with E-state index in [1.54, 1.807) is 0 Å². The van der Waals surface area contributed by atoms with Gasteiger partial charge in [-0.2, -0.15) is 0 Å². The molecule has 0 aliphatic rings. The summed E-state index contributed by atoms with van der Waals surface area (Å²) in [5.74, 6) is 0. The van der Waals surface area contributed by atoms with Crippen LogP contribution in [0, 0.1) is 0 Å². The van der Waals surface area contributed by atoms with Crippen LogP contribution in [-0.2, 0) is 0 Å². The van der Waals surface area contributed by atoms with Crippen molar-refractivity contribution in [1.29, 1.82) is 0 Å². The summed E-state index contributed by atoms with van der Waals surface area (Å²) in [6, 6.07) is -0.0269. The number of carbonyl (C=O) groups is 1. The quantitative estimate of drug-likeness (QED) is 0.337. The Hall–Kier alpha value is -0.510. The van der Waals surface area contributed by atoms with Gasteiger partial charge in [0, 0.05) is 18.4 Å². The van der Waals surface area contributed by atoms with Gasteiger partial charge < -0.3 is 10.6 Å². The number of halogens is 1. The number of nitrogens with one attached hydrogen (secondary N) is 2. The molecule has 0 heterocycles. The van der Waals surface area contributed by atoms with Gasteiger partial charge in [0.1, 0.15) is 0 Å². The second-order valence-corrected chi connectivity index (χ2v) is 5.13. The van der Waals surface area contributed by atoms with Gasteiger partial charge in [-0.3, -0.25) is 0 Å². The SMILES string of the molecule is CCCCCNC(=O)NCCCCC=CCCBr. The highest BCUT2D eigenvalue weighted by Crippen LogP contribution is 1.97. The Morgan fingerprint density at radius 1 is 1.00 bits per heavy atom. The molecule has 4 heteroatoms. The van der Waals surface area contributed by atoms with Crippen LogP contribution in [0.1, 0.15) is 51.9 Å². The Labute approximate surface area is 120 Å². The number of hydrogen-bond acceptors (Lipinski definition) is 1. The topological polar surface area (TPSA) is 41.1 Å². The first-order valence-corrected chi connectivity index (χ1v) is 8.16. The zero-order chi connectivity index (χ0) is 13.5. The van der Waals surface area contributed by atoms with E-state index >= 15 is 0 Å². The number of alkyl halides is 1. The number of unbranched alkanes of at least 4 members (excludes halogenated alkanes) is 4. The molecule has 0 aromatic heterocycles. The van der Waals surface area contributed by atoms with Crippen LogP contribution in [-0.4, -0.2) is 24.5 Å². The van der Waals surface area contributed by atoms with Gasteiger partial charge in [0.2, 0.25) is 0 Å².